The predicted octanol–water partition coefficient (Wildman–Crippen LogP) is 3.73. The van der Waals surface area contributed by atoms with Gasteiger partial charge in [0.05, 0.1) is 12.0 Å². The lowest BCUT2D eigenvalue weighted by molar-refractivity contribution is -0.126. The molecule has 1 aliphatic rings. The summed E-state index contributed by atoms with van der Waals surface area (Å²) in [6.45, 7) is 0. The molecule has 0 spiro atoms. The summed E-state index contributed by atoms with van der Waals surface area (Å²) < 4.78 is 0. The predicted molar refractivity (Wildman–Crippen MR) is 103 cm³/mol. The molecule has 2 amide bonds. The molecule has 2 N–H and O–H groups in total. The number of nitrogens with zero attached hydrogens (tertiary/aromatic N) is 1. The topological polar surface area (TPSA) is 71.1 Å². The quantitative estimate of drug-likeness (QED) is 0.705. The molecule has 3 aromatic rings. The summed E-state index contributed by atoms with van der Waals surface area (Å²) in [4.78, 5) is 29.4. The Morgan fingerprint density at radius 1 is 1.31 bits per heavy atom. The summed E-state index contributed by atoms with van der Waals surface area (Å²) in [5.41, 5.74) is 2.74. The molecule has 2 atom stereocenters. The maximum Gasteiger partial charge on any atom is 0.228 e. The number of anilines is 1. The molecule has 132 valence electrons. The van der Waals surface area contributed by atoms with E-state index in [1.165, 1.54) is 11.3 Å². The van der Waals surface area contributed by atoms with Gasteiger partial charge in [-0.1, -0.05) is 18.2 Å². The van der Waals surface area contributed by atoms with Gasteiger partial charge in [-0.15, -0.1) is 11.3 Å². The van der Waals surface area contributed by atoms with Crippen molar-refractivity contribution in [2.24, 2.45) is 0 Å². The van der Waals surface area contributed by atoms with Gasteiger partial charge in [0.1, 0.15) is 5.01 Å². The van der Waals surface area contributed by atoms with Crippen LogP contribution in [0, 0.1) is 0 Å². The van der Waals surface area contributed by atoms with Crippen molar-refractivity contribution in [3.05, 3.63) is 68.8 Å². The summed E-state index contributed by atoms with van der Waals surface area (Å²) in [5, 5.41) is 12.8. The number of thiazole rings is 1. The third-order valence-corrected chi connectivity index (χ3v) is 6.02. The molecule has 0 aliphatic carbocycles. The molecule has 7 heteroatoms. The second kappa shape index (κ2) is 7.39. The van der Waals surface area contributed by atoms with Gasteiger partial charge in [0.25, 0.3) is 0 Å². The van der Waals surface area contributed by atoms with Gasteiger partial charge in [-0.05, 0) is 34.0 Å². The Balaban J connectivity index is 1.58. The Labute approximate surface area is 159 Å². The van der Waals surface area contributed by atoms with Gasteiger partial charge in [-0.3, -0.25) is 9.59 Å². The number of aromatic nitrogens is 1. The molecule has 1 aromatic carbocycles. The number of para-hydroxylation sites is 1. The zero-order valence-electron chi connectivity index (χ0n) is 13.8. The van der Waals surface area contributed by atoms with Crippen LogP contribution in [0.4, 0.5) is 5.69 Å². The molecule has 2 aromatic heterocycles. The van der Waals surface area contributed by atoms with Gasteiger partial charge in [-0.25, -0.2) is 4.98 Å². The highest BCUT2D eigenvalue weighted by Gasteiger charge is 2.32. The van der Waals surface area contributed by atoms with E-state index in [9.17, 15) is 9.59 Å². The van der Waals surface area contributed by atoms with Crippen molar-refractivity contribution in [3.8, 4) is 0 Å². The van der Waals surface area contributed by atoms with Crippen molar-refractivity contribution >= 4 is 40.2 Å². The van der Waals surface area contributed by atoms with Crippen LogP contribution in [0.3, 0.4) is 0 Å². The highest BCUT2D eigenvalue weighted by Crippen LogP contribution is 2.33. The minimum atomic E-state index is -0.482. The SMILES string of the molecule is O=C1CC(C(=O)NC(Cc2ccsc2)c2nccs2)c2ccccc2N1. The fourth-order valence-corrected chi connectivity index (χ4v) is 4.54. The molecular weight excluding hydrogens is 366 g/mol. The Kier molecular flexibility index (Phi) is 4.81. The highest BCUT2D eigenvalue weighted by molar-refractivity contribution is 7.09. The van der Waals surface area contributed by atoms with Gasteiger partial charge < -0.3 is 10.6 Å². The van der Waals surface area contributed by atoms with Crippen LogP contribution in [0.5, 0.6) is 0 Å². The monoisotopic (exact) mass is 383 g/mol. The molecule has 0 fully saturated rings. The molecule has 0 saturated heterocycles. The smallest absolute Gasteiger partial charge is 0.228 e. The van der Waals surface area contributed by atoms with E-state index >= 15 is 0 Å². The van der Waals surface area contributed by atoms with E-state index in [0.717, 1.165) is 16.1 Å². The molecule has 1 aliphatic heterocycles. The number of hydrogen-bond acceptors (Lipinski definition) is 5. The standard InChI is InChI=1S/C19H17N3O2S2/c23-17-10-14(13-3-1-2-4-15(13)21-17)18(24)22-16(19-20-6-8-26-19)9-12-5-7-25-11-12/h1-8,11,14,16H,9-10H2,(H,21,23)(H,22,24). The van der Waals surface area contributed by atoms with Gasteiger partial charge >= 0.3 is 0 Å². The maximum atomic E-state index is 13.0. The number of benzene rings is 1. The first-order chi connectivity index (χ1) is 12.7. The van der Waals surface area contributed by atoms with Crippen molar-refractivity contribution in [2.45, 2.75) is 24.8 Å². The van der Waals surface area contributed by atoms with E-state index in [-0.39, 0.29) is 24.3 Å². The zero-order valence-corrected chi connectivity index (χ0v) is 15.5. The number of carbonyl (C=O) groups excluding carboxylic acids is 2. The van der Waals surface area contributed by atoms with Crippen molar-refractivity contribution < 1.29 is 9.59 Å². The summed E-state index contributed by atoms with van der Waals surface area (Å²) in [6, 6.07) is 9.33. The van der Waals surface area contributed by atoms with Crippen LogP contribution in [0.15, 0.2) is 52.7 Å². The summed E-state index contributed by atoms with van der Waals surface area (Å²) in [7, 11) is 0. The lowest BCUT2D eigenvalue weighted by atomic mass is 9.89. The molecule has 5 nitrogen and oxygen atoms in total. The van der Waals surface area contributed by atoms with E-state index in [4.69, 9.17) is 0 Å². The largest absolute Gasteiger partial charge is 0.346 e. The van der Waals surface area contributed by atoms with Crippen LogP contribution < -0.4 is 10.6 Å². The molecule has 26 heavy (non-hydrogen) atoms. The number of fused-ring (bicyclic) bond motifs is 1. The Bertz CT molecular complexity index is 907. The normalized spacial score (nSPS) is 17.2. The third kappa shape index (κ3) is 3.54. The van der Waals surface area contributed by atoms with E-state index in [2.05, 4.69) is 27.1 Å². The molecule has 0 saturated carbocycles. The second-order valence-electron chi connectivity index (χ2n) is 6.16. The molecule has 0 bridgehead atoms. The fraction of sp³-hybridized carbons (Fsp3) is 0.211. The van der Waals surface area contributed by atoms with Crippen LogP contribution >= 0.6 is 22.7 Å². The summed E-state index contributed by atoms with van der Waals surface area (Å²) in [6.07, 6.45) is 2.59. The molecule has 3 heterocycles. The number of thiophene rings is 1. The Morgan fingerprint density at radius 2 is 2.19 bits per heavy atom. The summed E-state index contributed by atoms with van der Waals surface area (Å²) in [5.74, 6) is -0.750. The average molecular weight is 383 g/mol. The Hall–Kier alpha value is -2.51. The van der Waals surface area contributed by atoms with Crippen molar-refractivity contribution in [3.63, 3.8) is 0 Å². The van der Waals surface area contributed by atoms with E-state index < -0.39 is 5.92 Å². The van der Waals surface area contributed by atoms with Crippen LogP contribution in [-0.2, 0) is 16.0 Å². The van der Waals surface area contributed by atoms with Gasteiger partial charge in [0, 0.05) is 30.1 Å². The summed E-state index contributed by atoms with van der Waals surface area (Å²) >= 11 is 3.16. The number of nitrogens with one attached hydrogen (secondary N) is 2. The average Bonchev–Trinajstić information content (AvgIpc) is 3.34. The van der Waals surface area contributed by atoms with Crippen LogP contribution in [-0.4, -0.2) is 16.8 Å². The van der Waals surface area contributed by atoms with E-state index in [1.807, 2.05) is 35.0 Å². The number of carbonyl (C=O) groups is 2. The van der Waals surface area contributed by atoms with Crippen molar-refractivity contribution in [2.75, 3.05) is 5.32 Å². The maximum absolute atomic E-state index is 13.0. The lowest BCUT2D eigenvalue weighted by Crippen LogP contribution is -2.37. The minimum Gasteiger partial charge on any atom is -0.346 e. The van der Waals surface area contributed by atoms with Gasteiger partial charge in [0.2, 0.25) is 11.8 Å². The zero-order chi connectivity index (χ0) is 17.9. The van der Waals surface area contributed by atoms with Gasteiger partial charge in [-0.2, -0.15) is 11.3 Å². The highest BCUT2D eigenvalue weighted by atomic mass is 32.1. The molecule has 4 rings (SSSR count). The molecule has 2 unspecified atom stereocenters. The minimum absolute atomic E-state index is 0.132. The third-order valence-electron chi connectivity index (χ3n) is 4.40. The van der Waals surface area contributed by atoms with Gasteiger partial charge in [0.15, 0.2) is 0 Å². The first kappa shape index (κ1) is 16.9. The Morgan fingerprint density at radius 3 is 2.96 bits per heavy atom. The van der Waals surface area contributed by atoms with Crippen LogP contribution in [0.25, 0.3) is 0 Å². The van der Waals surface area contributed by atoms with E-state index in [1.54, 1.807) is 17.5 Å². The number of hydrogen-bond donors (Lipinski definition) is 2. The fourth-order valence-electron chi connectivity index (χ4n) is 3.17. The van der Waals surface area contributed by atoms with Crippen LogP contribution in [0.1, 0.15) is 34.5 Å². The number of rotatable bonds is 5. The molecular formula is C19H17N3O2S2. The molecule has 0 radical (unpaired) electrons. The van der Waals surface area contributed by atoms with Crippen molar-refractivity contribution in [1.29, 1.82) is 0 Å². The van der Waals surface area contributed by atoms with Crippen molar-refractivity contribution in [1.82, 2.24) is 10.3 Å². The number of amides is 2. The first-order valence-electron chi connectivity index (χ1n) is 8.30. The second-order valence-corrected chi connectivity index (χ2v) is 7.87. The lowest BCUT2D eigenvalue weighted by Gasteiger charge is -2.26. The first-order valence-corrected chi connectivity index (χ1v) is 10.1. The van der Waals surface area contributed by atoms with E-state index in [0.29, 0.717) is 12.1 Å². The van der Waals surface area contributed by atoms with Crippen LogP contribution in [0.2, 0.25) is 0 Å².